The SMILES string of the molecule is CC(=O)c1sc(NC(=O)N[C@H]2CN(C(=O)C3CCC3)CC[C@H]2CN2CCCC(Cc3ccc(F)cc3)C2)nc1C. The summed E-state index contributed by atoms with van der Waals surface area (Å²) in [6, 6.07) is 6.29. The van der Waals surface area contributed by atoms with Crippen LogP contribution in [0.5, 0.6) is 0 Å². The standard InChI is InChI=1S/C30H40FN5O3S/c1-19-27(20(2)37)40-30(32-19)34-29(39)33-26-18-36(28(38)23-6-3-7-23)14-12-24(26)17-35-13-4-5-22(16-35)15-21-8-10-25(31)11-9-21/h8-11,22-24,26H,3-7,12-18H2,1-2H3,(H2,32,33,34,39)/t22?,24-,26-/m0/s1. The molecule has 1 aromatic carbocycles. The Labute approximate surface area is 239 Å². The lowest BCUT2D eigenvalue weighted by molar-refractivity contribution is -0.140. The van der Waals surface area contributed by atoms with Crippen LogP contribution in [-0.2, 0) is 11.2 Å². The number of carbonyl (C=O) groups is 3. The van der Waals surface area contributed by atoms with Gasteiger partial charge in [-0.2, -0.15) is 0 Å². The monoisotopic (exact) mass is 569 g/mol. The van der Waals surface area contributed by atoms with Gasteiger partial charge >= 0.3 is 6.03 Å². The van der Waals surface area contributed by atoms with Crippen LogP contribution in [0.4, 0.5) is 14.3 Å². The molecule has 1 unspecified atom stereocenters. The number of aryl methyl sites for hydroxylation is 1. The van der Waals surface area contributed by atoms with Crippen LogP contribution in [0.1, 0.15) is 66.4 Å². The van der Waals surface area contributed by atoms with Crippen molar-refractivity contribution >= 4 is 34.2 Å². The van der Waals surface area contributed by atoms with Gasteiger partial charge in [0.05, 0.1) is 16.6 Å². The van der Waals surface area contributed by atoms with Crippen molar-refractivity contribution in [3.8, 4) is 0 Å². The fraction of sp³-hybridized carbons (Fsp3) is 0.600. The number of thiazole rings is 1. The first-order valence-electron chi connectivity index (χ1n) is 14.6. The zero-order chi connectivity index (χ0) is 28.2. The van der Waals surface area contributed by atoms with Crippen LogP contribution < -0.4 is 10.6 Å². The molecule has 3 amide bonds. The highest BCUT2D eigenvalue weighted by atomic mass is 32.1. The number of ketones is 1. The summed E-state index contributed by atoms with van der Waals surface area (Å²) in [6.07, 6.45) is 7.08. The van der Waals surface area contributed by atoms with Gasteiger partial charge < -0.3 is 15.1 Å². The first kappa shape index (κ1) is 28.7. The number of carbonyl (C=O) groups excluding carboxylic acids is 3. The summed E-state index contributed by atoms with van der Waals surface area (Å²) < 4.78 is 13.3. The third-order valence-electron chi connectivity index (χ3n) is 8.71. The zero-order valence-corrected chi connectivity index (χ0v) is 24.3. The summed E-state index contributed by atoms with van der Waals surface area (Å²) >= 11 is 1.18. The number of hydrogen-bond acceptors (Lipinski definition) is 6. The molecule has 1 saturated carbocycles. The number of nitrogens with zero attached hydrogens (tertiary/aromatic N) is 3. The van der Waals surface area contributed by atoms with Crippen molar-refractivity contribution in [1.82, 2.24) is 20.1 Å². The summed E-state index contributed by atoms with van der Waals surface area (Å²) in [7, 11) is 0. The lowest BCUT2D eigenvalue weighted by atomic mass is 9.82. The van der Waals surface area contributed by atoms with Crippen LogP contribution in [0.25, 0.3) is 0 Å². The molecule has 8 nitrogen and oxygen atoms in total. The Hall–Kier alpha value is -2.85. The Balaban J connectivity index is 1.23. The second-order valence-electron chi connectivity index (χ2n) is 11.8. The van der Waals surface area contributed by atoms with Crippen molar-refractivity contribution in [3.05, 3.63) is 46.2 Å². The predicted molar refractivity (Wildman–Crippen MR) is 154 cm³/mol. The third kappa shape index (κ3) is 7.07. The van der Waals surface area contributed by atoms with E-state index in [1.807, 2.05) is 17.0 Å². The number of urea groups is 1. The molecule has 3 aliphatic rings. The molecule has 0 radical (unpaired) electrons. The smallest absolute Gasteiger partial charge is 0.321 e. The van der Waals surface area contributed by atoms with Crippen molar-refractivity contribution in [3.63, 3.8) is 0 Å². The Morgan fingerprint density at radius 1 is 1.05 bits per heavy atom. The van der Waals surface area contributed by atoms with Gasteiger partial charge in [0, 0.05) is 39.0 Å². The summed E-state index contributed by atoms with van der Waals surface area (Å²) in [5.41, 5.74) is 1.78. The average molecular weight is 570 g/mol. The quantitative estimate of drug-likeness (QED) is 0.442. The summed E-state index contributed by atoms with van der Waals surface area (Å²) in [5.74, 6) is 0.798. The van der Waals surface area contributed by atoms with E-state index in [4.69, 9.17) is 0 Å². The van der Waals surface area contributed by atoms with Crippen LogP contribution in [0.2, 0.25) is 0 Å². The molecule has 2 aliphatic heterocycles. The molecule has 1 aromatic heterocycles. The number of rotatable bonds is 8. The topological polar surface area (TPSA) is 94.6 Å². The van der Waals surface area contributed by atoms with E-state index in [0.29, 0.717) is 28.2 Å². The van der Waals surface area contributed by atoms with E-state index in [-0.39, 0.29) is 41.4 Å². The van der Waals surface area contributed by atoms with Gasteiger partial charge in [-0.15, -0.1) is 0 Å². The second-order valence-corrected chi connectivity index (χ2v) is 12.8. The molecule has 40 heavy (non-hydrogen) atoms. The highest BCUT2D eigenvalue weighted by Gasteiger charge is 2.37. The predicted octanol–water partition coefficient (Wildman–Crippen LogP) is 4.89. The number of halogens is 1. The molecule has 5 rings (SSSR count). The van der Waals surface area contributed by atoms with E-state index < -0.39 is 0 Å². The van der Waals surface area contributed by atoms with Crippen LogP contribution in [0.3, 0.4) is 0 Å². The maximum absolute atomic E-state index is 13.3. The molecule has 1 aliphatic carbocycles. The molecule has 3 fully saturated rings. The van der Waals surface area contributed by atoms with Crippen LogP contribution in [-0.4, -0.2) is 71.3 Å². The van der Waals surface area contributed by atoms with E-state index in [1.54, 1.807) is 6.92 Å². The van der Waals surface area contributed by atoms with Crippen LogP contribution >= 0.6 is 11.3 Å². The Bertz CT molecular complexity index is 1210. The number of Topliss-reactive ketones (excluding diaryl/α,β-unsaturated/α-hetero) is 1. The fourth-order valence-electron chi connectivity index (χ4n) is 6.34. The van der Waals surface area contributed by atoms with Gasteiger partial charge in [0.15, 0.2) is 10.9 Å². The van der Waals surface area contributed by atoms with E-state index in [2.05, 4.69) is 20.5 Å². The van der Waals surface area contributed by atoms with E-state index in [9.17, 15) is 18.8 Å². The molecule has 2 N–H and O–H groups in total. The second kappa shape index (κ2) is 12.8. The molecular weight excluding hydrogens is 529 g/mol. The van der Waals surface area contributed by atoms with Gasteiger partial charge in [0.1, 0.15) is 5.82 Å². The van der Waals surface area contributed by atoms with Gasteiger partial charge in [-0.1, -0.05) is 29.9 Å². The van der Waals surface area contributed by atoms with Crippen LogP contribution in [0.15, 0.2) is 24.3 Å². The number of likely N-dealkylation sites (tertiary alicyclic amines) is 2. The van der Waals surface area contributed by atoms with Gasteiger partial charge in [0.25, 0.3) is 0 Å². The largest absolute Gasteiger partial charge is 0.340 e. The van der Waals surface area contributed by atoms with Gasteiger partial charge in [-0.3, -0.25) is 14.9 Å². The van der Waals surface area contributed by atoms with Crippen molar-refractivity contribution in [2.75, 3.05) is 38.0 Å². The molecule has 3 heterocycles. The van der Waals surface area contributed by atoms with Crippen LogP contribution in [0, 0.1) is 30.5 Å². The minimum atomic E-state index is -0.357. The van der Waals surface area contributed by atoms with Crippen molar-refractivity contribution in [1.29, 1.82) is 0 Å². The molecule has 0 spiro atoms. The Morgan fingerprint density at radius 2 is 1.82 bits per heavy atom. The number of hydrogen-bond donors (Lipinski definition) is 2. The lowest BCUT2D eigenvalue weighted by Crippen LogP contribution is -2.58. The minimum absolute atomic E-state index is 0.0692. The lowest BCUT2D eigenvalue weighted by Gasteiger charge is -2.44. The summed E-state index contributed by atoms with van der Waals surface area (Å²) in [5, 5.41) is 6.37. The molecular formula is C30H40FN5O3S. The molecule has 10 heteroatoms. The third-order valence-corrected chi connectivity index (χ3v) is 9.88. The maximum atomic E-state index is 13.3. The molecule has 0 bridgehead atoms. The number of nitrogens with one attached hydrogen (secondary N) is 2. The Morgan fingerprint density at radius 3 is 2.50 bits per heavy atom. The van der Waals surface area contributed by atoms with E-state index >= 15 is 0 Å². The maximum Gasteiger partial charge on any atom is 0.321 e. The van der Waals surface area contributed by atoms with Crippen molar-refractivity contribution in [2.24, 2.45) is 17.8 Å². The highest BCUT2D eigenvalue weighted by molar-refractivity contribution is 7.17. The zero-order valence-electron chi connectivity index (χ0n) is 23.5. The van der Waals surface area contributed by atoms with E-state index in [0.717, 1.165) is 76.7 Å². The number of benzene rings is 1. The molecule has 3 atom stereocenters. The number of aromatic nitrogens is 1. The first-order chi connectivity index (χ1) is 19.2. The Kier molecular flexibility index (Phi) is 9.15. The highest BCUT2D eigenvalue weighted by Crippen LogP contribution is 2.31. The van der Waals surface area contributed by atoms with Gasteiger partial charge in [-0.25, -0.2) is 14.2 Å². The molecule has 2 saturated heterocycles. The van der Waals surface area contributed by atoms with E-state index in [1.165, 1.54) is 30.4 Å². The first-order valence-corrected chi connectivity index (χ1v) is 15.4. The average Bonchev–Trinajstić information content (AvgIpc) is 3.25. The minimum Gasteiger partial charge on any atom is -0.340 e. The normalized spacial score (nSPS) is 23.9. The van der Waals surface area contributed by atoms with Crippen molar-refractivity contribution in [2.45, 2.75) is 64.8 Å². The fourth-order valence-corrected chi connectivity index (χ4v) is 7.20. The number of piperidine rings is 2. The van der Waals surface area contributed by atoms with Crippen molar-refractivity contribution < 1.29 is 18.8 Å². The molecule has 216 valence electrons. The number of anilines is 1. The van der Waals surface area contributed by atoms with Gasteiger partial charge in [0.2, 0.25) is 5.91 Å². The van der Waals surface area contributed by atoms with Gasteiger partial charge in [-0.05, 0) is 81.5 Å². The number of amides is 3. The summed E-state index contributed by atoms with van der Waals surface area (Å²) in [4.78, 5) is 47.3. The summed E-state index contributed by atoms with van der Waals surface area (Å²) in [6.45, 7) is 7.35. The molecule has 2 aromatic rings.